The van der Waals surface area contributed by atoms with Gasteiger partial charge in [0.1, 0.15) is 0 Å². The Kier molecular flexibility index (Phi) is 4.33. The standard InChI is InChI=1S/C13H25N3O/c1-9-10(2)15-16(11(9)3)8-12(17)7-14-13(4,5)6/h12,14,17H,7-8H2,1-6H3. The molecule has 0 saturated carbocycles. The fraction of sp³-hybridized carbons (Fsp3) is 0.769. The van der Waals surface area contributed by atoms with Gasteiger partial charge in [0.05, 0.1) is 18.3 Å². The molecule has 0 spiro atoms. The SMILES string of the molecule is Cc1nn(CC(O)CNC(C)(C)C)c(C)c1C. The number of aliphatic hydroxyl groups excluding tert-OH is 1. The summed E-state index contributed by atoms with van der Waals surface area (Å²) in [4.78, 5) is 0. The van der Waals surface area contributed by atoms with Gasteiger partial charge < -0.3 is 10.4 Å². The Labute approximate surface area is 104 Å². The van der Waals surface area contributed by atoms with Crippen LogP contribution in [0.4, 0.5) is 0 Å². The van der Waals surface area contributed by atoms with Crippen molar-refractivity contribution in [3.8, 4) is 0 Å². The predicted octanol–water partition coefficient (Wildman–Crippen LogP) is 1.56. The maximum Gasteiger partial charge on any atom is 0.0860 e. The molecule has 17 heavy (non-hydrogen) atoms. The van der Waals surface area contributed by atoms with Crippen LogP contribution in [0.5, 0.6) is 0 Å². The minimum Gasteiger partial charge on any atom is -0.390 e. The normalized spacial score (nSPS) is 14.1. The second-order valence-electron chi connectivity index (χ2n) is 5.76. The average molecular weight is 239 g/mol. The minimum absolute atomic E-state index is 0.0337. The van der Waals surface area contributed by atoms with E-state index in [4.69, 9.17) is 0 Å². The van der Waals surface area contributed by atoms with E-state index in [0.717, 1.165) is 11.4 Å². The first-order chi connectivity index (χ1) is 7.70. The molecule has 1 rings (SSSR count). The molecule has 1 aromatic rings. The van der Waals surface area contributed by atoms with E-state index in [1.807, 2.05) is 18.5 Å². The van der Waals surface area contributed by atoms with E-state index in [1.54, 1.807) is 0 Å². The van der Waals surface area contributed by atoms with Crippen molar-refractivity contribution in [3.63, 3.8) is 0 Å². The largest absolute Gasteiger partial charge is 0.390 e. The molecule has 4 heteroatoms. The minimum atomic E-state index is -0.411. The van der Waals surface area contributed by atoms with Gasteiger partial charge in [-0.05, 0) is 47.1 Å². The maximum atomic E-state index is 9.97. The number of aromatic nitrogens is 2. The summed E-state index contributed by atoms with van der Waals surface area (Å²) in [5.41, 5.74) is 3.42. The van der Waals surface area contributed by atoms with Crippen molar-refractivity contribution < 1.29 is 5.11 Å². The zero-order chi connectivity index (χ0) is 13.2. The number of β-amino-alcohol motifs (C(OH)–C–C–N with tert-alkyl or cyclic N) is 1. The van der Waals surface area contributed by atoms with E-state index in [1.165, 1.54) is 5.56 Å². The molecule has 0 fully saturated rings. The molecular weight excluding hydrogens is 214 g/mol. The molecule has 0 aromatic carbocycles. The highest BCUT2D eigenvalue weighted by Gasteiger charge is 2.14. The van der Waals surface area contributed by atoms with Crippen LogP contribution in [-0.4, -0.2) is 33.1 Å². The van der Waals surface area contributed by atoms with Crippen molar-refractivity contribution in [3.05, 3.63) is 17.0 Å². The first-order valence-corrected chi connectivity index (χ1v) is 6.14. The fourth-order valence-corrected chi connectivity index (χ4v) is 1.65. The summed E-state index contributed by atoms with van der Waals surface area (Å²) < 4.78 is 1.89. The van der Waals surface area contributed by atoms with Crippen LogP contribution in [0.25, 0.3) is 0 Å². The van der Waals surface area contributed by atoms with Crippen molar-refractivity contribution in [2.45, 2.75) is 59.7 Å². The molecule has 1 atom stereocenters. The van der Waals surface area contributed by atoms with Crippen molar-refractivity contribution in [2.75, 3.05) is 6.54 Å². The summed E-state index contributed by atoms with van der Waals surface area (Å²) in [7, 11) is 0. The number of aliphatic hydroxyl groups is 1. The summed E-state index contributed by atoms with van der Waals surface area (Å²) in [5.74, 6) is 0. The van der Waals surface area contributed by atoms with Gasteiger partial charge >= 0.3 is 0 Å². The van der Waals surface area contributed by atoms with Gasteiger partial charge in [0.2, 0.25) is 0 Å². The Bertz CT molecular complexity index is 377. The summed E-state index contributed by atoms with van der Waals surface area (Å²) in [6, 6.07) is 0. The highest BCUT2D eigenvalue weighted by atomic mass is 16.3. The molecular formula is C13H25N3O. The third-order valence-electron chi connectivity index (χ3n) is 2.99. The van der Waals surface area contributed by atoms with Crippen LogP contribution in [0.2, 0.25) is 0 Å². The molecule has 0 aliphatic carbocycles. The molecule has 0 aliphatic rings. The van der Waals surface area contributed by atoms with E-state index >= 15 is 0 Å². The van der Waals surface area contributed by atoms with Crippen LogP contribution < -0.4 is 5.32 Å². The summed E-state index contributed by atoms with van der Waals surface area (Å²) >= 11 is 0. The molecule has 4 nitrogen and oxygen atoms in total. The van der Waals surface area contributed by atoms with Crippen molar-refractivity contribution in [1.29, 1.82) is 0 Å². The zero-order valence-electron chi connectivity index (χ0n) is 11.8. The summed E-state index contributed by atoms with van der Waals surface area (Å²) in [5, 5.41) is 17.7. The van der Waals surface area contributed by atoms with Gasteiger partial charge in [0.15, 0.2) is 0 Å². The first kappa shape index (κ1) is 14.2. The lowest BCUT2D eigenvalue weighted by molar-refractivity contribution is 0.137. The monoisotopic (exact) mass is 239 g/mol. The van der Waals surface area contributed by atoms with Gasteiger partial charge in [-0.1, -0.05) is 0 Å². The van der Waals surface area contributed by atoms with E-state index in [0.29, 0.717) is 13.1 Å². The van der Waals surface area contributed by atoms with Crippen LogP contribution in [0.15, 0.2) is 0 Å². The Morgan fingerprint density at radius 1 is 1.29 bits per heavy atom. The number of rotatable bonds is 4. The molecule has 0 radical (unpaired) electrons. The van der Waals surface area contributed by atoms with E-state index < -0.39 is 6.10 Å². The second-order valence-corrected chi connectivity index (χ2v) is 5.76. The zero-order valence-corrected chi connectivity index (χ0v) is 11.8. The number of hydrogen-bond acceptors (Lipinski definition) is 3. The van der Waals surface area contributed by atoms with Crippen LogP contribution in [0.3, 0.4) is 0 Å². The maximum absolute atomic E-state index is 9.97. The third-order valence-corrected chi connectivity index (χ3v) is 2.99. The smallest absolute Gasteiger partial charge is 0.0860 e. The lowest BCUT2D eigenvalue weighted by Gasteiger charge is -2.23. The van der Waals surface area contributed by atoms with E-state index in [9.17, 15) is 5.11 Å². The summed E-state index contributed by atoms with van der Waals surface area (Å²) in [6.45, 7) is 13.5. The molecule has 2 N–H and O–H groups in total. The molecule has 1 heterocycles. The molecule has 0 bridgehead atoms. The van der Waals surface area contributed by atoms with Crippen molar-refractivity contribution in [2.24, 2.45) is 0 Å². The van der Waals surface area contributed by atoms with Gasteiger partial charge in [-0.25, -0.2) is 0 Å². The molecule has 0 saturated heterocycles. The van der Waals surface area contributed by atoms with Gasteiger partial charge in [-0.3, -0.25) is 4.68 Å². The fourth-order valence-electron chi connectivity index (χ4n) is 1.65. The molecule has 1 aromatic heterocycles. The van der Waals surface area contributed by atoms with Gasteiger partial charge in [-0.15, -0.1) is 0 Å². The Balaban J connectivity index is 2.56. The Morgan fingerprint density at radius 2 is 1.88 bits per heavy atom. The number of nitrogens with zero attached hydrogens (tertiary/aromatic N) is 2. The van der Waals surface area contributed by atoms with Crippen LogP contribution >= 0.6 is 0 Å². The van der Waals surface area contributed by atoms with Gasteiger partial charge in [-0.2, -0.15) is 5.10 Å². The predicted molar refractivity (Wildman–Crippen MR) is 70.2 cm³/mol. The van der Waals surface area contributed by atoms with Gasteiger partial charge in [0, 0.05) is 17.8 Å². The number of aryl methyl sites for hydroxylation is 1. The molecule has 0 amide bonds. The van der Waals surface area contributed by atoms with E-state index in [-0.39, 0.29) is 5.54 Å². The lowest BCUT2D eigenvalue weighted by Crippen LogP contribution is -2.42. The molecule has 98 valence electrons. The number of nitrogens with one attached hydrogen (secondary N) is 1. The lowest BCUT2D eigenvalue weighted by atomic mass is 10.1. The highest BCUT2D eigenvalue weighted by molar-refractivity contribution is 5.22. The van der Waals surface area contributed by atoms with Gasteiger partial charge in [0.25, 0.3) is 0 Å². The average Bonchev–Trinajstić information content (AvgIpc) is 2.43. The number of hydrogen-bond donors (Lipinski definition) is 2. The highest BCUT2D eigenvalue weighted by Crippen LogP contribution is 2.11. The quantitative estimate of drug-likeness (QED) is 0.838. The molecule has 1 unspecified atom stereocenters. The van der Waals surface area contributed by atoms with E-state index in [2.05, 4.69) is 38.1 Å². The summed E-state index contributed by atoms with van der Waals surface area (Å²) in [6.07, 6.45) is -0.411. The van der Waals surface area contributed by atoms with Crippen molar-refractivity contribution in [1.82, 2.24) is 15.1 Å². The molecule has 0 aliphatic heterocycles. The van der Waals surface area contributed by atoms with Crippen LogP contribution in [0, 0.1) is 20.8 Å². The van der Waals surface area contributed by atoms with Crippen LogP contribution in [0.1, 0.15) is 37.7 Å². The topological polar surface area (TPSA) is 50.1 Å². The first-order valence-electron chi connectivity index (χ1n) is 6.14. The Hall–Kier alpha value is -0.870. The third kappa shape index (κ3) is 4.13. The Morgan fingerprint density at radius 3 is 2.29 bits per heavy atom. The van der Waals surface area contributed by atoms with Crippen LogP contribution in [-0.2, 0) is 6.54 Å². The second kappa shape index (κ2) is 5.19. The van der Waals surface area contributed by atoms with Crippen molar-refractivity contribution >= 4 is 0 Å².